The van der Waals surface area contributed by atoms with E-state index in [2.05, 4.69) is 40.2 Å². The number of fused-ring (bicyclic) bond motifs is 1. The zero-order valence-electron chi connectivity index (χ0n) is 20.2. The summed E-state index contributed by atoms with van der Waals surface area (Å²) >= 11 is 0. The van der Waals surface area contributed by atoms with Gasteiger partial charge in [0, 0.05) is 37.7 Å². The number of aromatic nitrogens is 3. The molecule has 0 aliphatic rings. The van der Waals surface area contributed by atoms with Crippen molar-refractivity contribution in [3.05, 3.63) is 47.8 Å². The maximum absolute atomic E-state index is 13.0. The van der Waals surface area contributed by atoms with Crippen molar-refractivity contribution in [1.29, 1.82) is 0 Å². The predicted molar refractivity (Wildman–Crippen MR) is 134 cm³/mol. The molecule has 2 N–H and O–H groups in total. The van der Waals surface area contributed by atoms with Crippen LogP contribution in [0.1, 0.15) is 41.5 Å². The molecule has 2 heterocycles. The maximum atomic E-state index is 13.0. The number of anilines is 2. The van der Waals surface area contributed by atoms with Gasteiger partial charge in [-0.15, -0.1) is 0 Å². The van der Waals surface area contributed by atoms with E-state index < -0.39 is 8.07 Å². The third kappa shape index (κ3) is 6.97. The number of nitrogens with zero attached hydrogens (tertiary/aromatic N) is 3. The van der Waals surface area contributed by atoms with E-state index in [4.69, 9.17) is 4.74 Å². The van der Waals surface area contributed by atoms with Gasteiger partial charge in [0.2, 0.25) is 0 Å². The van der Waals surface area contributed by atoms with Crippen LogP contribution in [0.15, 0.2) is 36.7 Å². The summed E-state index contributed by atoms with van der Waals surface area (Å²) in [5, 5.41) is 6.18. The highest BCUT2D eigenvalue weighted by molar-refractivity contribution is 6.76. The molecule has 0 saturated heterocycles. The number of amides is 1. The van der Waals surface area contributed by atoms with Gasteiger partial charge in [0.15, 0.2) is 5.65 Å². The van der Waals surface area contributed by atoms with Crippen LogP contribution in [0.4, 0.5) is 11.5 Å². The van der Waals surface area contributed by atoms with E-state index in [1.807, 2.05) is 25.3 Å². The maximum Gasteiger partial charge on any atom is 0.255 e. The fourth-order valence-corrected chi connectivity index (χ4v) is 3.88. The van der Waals surface area contributed by atoms with Gasteiger partial charge >= 0.3 is 0 Å². The van der Waals surface area contributed by atoms with E-state index >= 15 is 0 Å². The Bertz CT molecular complexity index is 1130. The van der Waals surface area contributed by atoms with Crippen molar-refractivity contribution in [2.75, 3.05) is 11.9 Å². The third-order valence-electron chi connectivity index (χ3n) is 4.84. The molecular formula is C24H33N5O3Si. The smallest absolute Gasteiger partial charge is 0.255 e. The van der Waals surface area contributed by atoms with Gasteiger partial charge in [0.05, 0.1) is 11.8 Å². The van der Waals surface area contributed by atoms with Crippen LogP contribution in [-0.2, 0) is 11.5 Å². The molecule has 8 nitrogen and oxygen atoms in total. The van der Waals surface area contributed by atoms with E-state index in [1.54, 1.807) is 36.7 Å². The fraction of sp³-hybridized carbons (Fsp3) is 0.417. The SMILES string of the molecule is CC(C)(C)NC(=O)c1cn(COCC[Si](C)(C)C)c2ncc(Nc3ccc(C=O)cc3)nc12. The predicted octanol–water partition coefficient (Wildman–Crippen LogP) is 4.83. The van der Waals surface area contributed by atoms with Gasteiger partial charge in [-0.1, -0.05) is 19.6 Å². The second kappa shape index (κ2) is 9.84. The average Bonchev–Trinajstić information content (AvgIpc) is 3.08. The molecule has 0 aliphatic carbocycles. The lowest BCUT2D eigenvalue weighted by molar-refractivity contribution is 0.0886. The first kappa shape index (κ1) is 24.6. The molecule has 176 valence electrons. The van der Waals surface area contributed by atoms with Crippen molar-refractivity contribution in [3.8, 4) is 0 Å². The summed E-state index contributed by atoms with van der Waals surface area (Å²) in [6.07, 6.45) is 4.17. The Morgan fingerprint density at radius 1 is 1.18 bits per heavy atom. The van der Waals surface area contributed by atoms with Crippen LogP contribution in [0, 0.1) is 0 Å². The van der Waals surface area contributed by atoms with Gasteiger partial charge in [-0.2, -0.15) is 0 Å². The lowest BCUT2D eigenvalue weighted by Crippen LogP contribution is -2.40. The molecule has 33 heavy (non-hydrogen) atoms. The lowest BCUT2D eigenvalue weighted by atomic mass is 10.1. The molecule has 0 bridgehead atoms. The summed E-state index contributed by atoms with van der Waals surface area (Å²) in [6.45, 7) is 13.7. The van der Waals surface area contributed by atoms with Crippen LogP contribution in [0.5, 0.6) is 0 Å². The molecule has 3 aromatic rings. The van der Waals surface area contributed by atoms with Gasteiger partial charge in [-0.05, 0) is 51.1 Å². The summed E-state index contributed by atoms with van der Waals surface area (Å²) in [4.78, 5) is 33.1. The highest BCUT2D eigenvalue weighted by Gasteiger charge is 2.22. The number of ether oxygens (including phenoxy) is 1. The average molecular weight is 468 g/mol. The molecule has 0 radical (unpaired) electrons. The van der Waals surface area contributed by atoms with Crippen LogP contribution < -0.4 is 10.6 Å². The first-order valence-electron chi connectivity index (χ1n) is 11.0. The lowest BCUT2D eigenvalue weighted by Gasteiger charge is -2.20. The van der Waals surface area contributed by atoms with Crippen molar-refractivity contribution in [2.24, 2.45) is 0 Å². The van der Waals surface area contributed by atoms with Crippen molar-refractivity contribution in [3.63, 3.8) is 0 Å². The number of hydrogen-bond donors (Lipinski definition) is 2. The Kier molecular flexibility index (Phi) is 7.33. The fourth-order valence-electron chi connectivity index (χ4n) is 3.12. The molecule has 9 heteroatoms. The highest BCUT2D eigenvalue weighted by Crippen LogP contribution is 2.23. The molecule has 0 spiro atoms. The molecular weight excluding hydrogens is 434 g/mol. The van der Waals surface area contributed by atoms with Crippen molar-refractivity contribution < 1.29 is 14.3 Å². The quantitative estimate of drug-likeness (QED) is 0.266. The van der Waals surface area contributed by atoms with Crippen LogP contribution in [-0.4, -0.2) is 46.9 Å². The Labute approximate surface area is 195 Å². The monoisotopic (exact) mass is 467 g/mol. The number of nitrogens with one attached hydrogen (secondary N) is 2. The summed E-state index contributed by atoms with van der Waals surface area (Å²) < 4.78 is 7.73. The number of carbonyl (C=O) groups excluding carboxylic acids is 2. The second-order valence-corrected chi connectivity index (χ2v) is 16.0. The van der Waals surface area contributed by atoms with Crippen LogP contribution in [0.25, 0.3) is 11.2 Å². The second-order valence-electron chi connectivity index (χ2n) is 10.4. The molecule has 0 aliphatic heterocycles. The number of hydrogen-bond acceptors (Lipinski definition) is 6. The zero-order chi connectivity index (χ0) is 24.2. The Hall–Kier alpha value is -3.04. The summed E-state index contributed by atoms with van der Waals surface area (Å²) in [5.74, 6) is 0.290. The van der Waals surface area contributed by atoms with Gasteiger partial charge in [-0.3, -0.25) is 9.59 Å². The van der Waals surface area contributed by atoms with Crippen molar-refractivity contribution in [2.45, 2.75) is 58.7 Å². The summed E-state index contributed by atoms with van der Waals surface area (Å²) in [7, 11) is -1.19. The highest BCUT2D eigenvalue weighted by atomic mass is 28.3. The van der Waals surface area contributed by atoms with Crippen molar-refractivity contribution >= 4 is 42.9 Å². The Morgan fingerprint density at radius 3 is 2.48 bits per heavy atom. The van der Waals surface area contributed by atoms with Crippen molar-refractivity contribution in [1.82, 2.24) is 19.9 Å². The van der Waals surface area contributed by atoms with E-state index in [0.717, 1.165) is 18.0 Å². The molecule has 0 atom stereocenters. The third-order valence-corrected chi connectivity index (χ3v) is 6.55. The molecule has 0 unspecified atom stereocenters. The van der Waals surface area contributed by atoms with Gasteiger partial charge in [0.25, 0.3) is 5.91 Å². The minimum Gasteiger partial charge on any atom is -0.361 e. The van der Waals surface area contributed by atoms with Gasteiger partial charge in [0.1, 0.15) is 24.4 Å². The summed E-state index contributed by atoms with van der Waals surface area (Å²) in [5.41, 5.74) is 2.51. The largest absolute Gasteiger partial charge is 0.361 e. The van der Waals surface area contributed by atoms with E-state index in [1.165, 1.54) is 0 Å². The Balaban J connectivity index is 1.90. The van der Waals surface area contributed by atoms with Crippen LogP contribution in [0.3, 0.4) is 0 Å². The molecule has 0 fully saturated rings. The zero-order valence-corrected chi connectivity index (χ0v) is 21.2. The number of rotatable bonds is 9. The number of aldehydes is 1. The van der Waals surface area contributed by atoms with Gasteiger partial charge < -0.3 is 19.9 Å². The molecule has 3 rings (SSSR count). The van der Waals surface area contributed by atoms with E-state index in [0.29, 0.717) is 41.4 Å². The molecule has 0 saturated carbocycles. The first-order chi connectivity index (χ1) is 15.4. The van der Waals surface area contributed by atoms with Crippen LogP contribution >= 0.6 is 0 Å². The normalized spacial score (nSPS) is 12.1. The minimum absolute atomic E-state index is 0.213. The topological polar surface area (TPSA) is 98.1 Å². The number of carbonyl (C=O) groups is 2. The molecule has 1 amide bonds. The molecule has 2 aromatic heterocycles. The minimum atomic E-state index is -1.19. The van der Waals surface area contributed by atoms with Crippen LogP contribution in [0.2, 0.25) is 25.7 Å². The Morgan fingerprint density at radius 2 is 1.88 bits per heavy atom. The molecule has 1 aromatic carbocycles. The standard InChI is InChI=1S/C24H33N5O3Si/c1-24(2,3)28-23(31)19-14-29(16-32-11-12-33(4,5)6)22-21(19)27-20(13-25-22)26-18-9-7-17(15-30)8-10-18/h7-10,13-15H,11-12,16H2,1-6H3,(H,26,27)(H,28,31). The van der Waals surface area contributed by atoms with E-state index in [9.17, 15) is 9.59 Å². The number of benzene rings is 1. The van der Waals surface area contributed by atoms with Gasteiger partial charge in [-0.25, -0.2) is 9.97 Å². The van der Waals surface area contributed by atoms with E-state index in [-0.39, 0.29) is 11.4 Å². The summed E-state index contributed by atoms with van der Waals surface area (Å²) in [6, 6.07) is 8.09. The first-order valence-corrected chi connectivity index (χ1v) is 14.7.